The van der Waals surface area contributed by atoms with Crippen molar-refractivity contribution in [3.8, 4) is 6.07 Å². The van der Waals surface area contributed by atoms with Crippen LogP contribution >= 0.6 is 0 Å². The van der Waals surface area contributed by atoms with Crippen LogP contribution in [0.15, 0.2) is 54.9 Å². The molecule has 2 aromatic carbocycles. The van der Waals surface area contributed by atoms with E-state index in [1.54, 1.807) is 12.4 Å². The fraction of sp³-hybridized carbons (Fsp3) is 0.407. The molecular weight excluding hydrogens is 440 g/mol. The van der Waals surface area contributed by atoms with Crippen LogP contribution in [-0.4, -0.2) is 64.1 Å². The SMILES string of the molecule is N#Cc1ccc2ncnc(N[C@H]3CC[C@H](N4CCN(C(=O)OCc5ccccc5)CC4)CC3)c2c1. The van der Waals surface area contributed by atoms with E-state index in [-0.39, 0.29) is 6.09 Å². The fourth-order valence-corrected chi connectivity index (χ4v) is 5.10. The van der Waals surface area contributed by atoms with E-state index in [9.17, 15) is 10.1 Å². The monoisotopic (exact) mass is 470 g/mol. The van der Waals surface area contributed by atoms with Crippen LogP contribution in [0, 0.1) is 11.3 Å². The molecule has 0 spiro atoms. The number of hydrogen-bond donors (Lipinski definition) is 1. The Morgan fingerprint density at radius 1 is 1.03 bits per heavy atom. The van der Waals surface area contributed by atoms with Gasteiger partial charge in [-0.15, -0.1) is 0 Å². The van der Waals surface area contributed by atoms with Gasteiger partial charge in [0, 0.05) is 43.6 Å². The zero-order valence-corrected chi connectivity index (χ0v) is 19.8. The predicted molar refractivity (Wildman–Crippen MR) is 134 cm³/mol. The minimum Gasteiger partial charge on any atom is -0.445 e. The average Bonchev–Trinajstić information content (AvgIpc) is 2.93. The first-order chi connectivity index (χ1) is 17.2. The molecule has 8 heteroatoms. The Morgan fingerprint density at radius 2 is 1.80 bits per heavy atom. The van der Waals surface area contributed by atoms with E-state index in [1.807, 2.05) is 47.4 Å². The van der Waals surface area contributed by atoms with Gasteiger partial charge in [-0.25, -0.2) is 14.8 Å². The van der Waals surface area contributed by atoms with E-state index in [2.05, 4.69) is 26.3 Å². The Bertz CT molecular complexity index is 1200. The quantitative estimate of drug-likeness (QED) is 0.598. The number of hydrogen-bond acceptors (Lipinski definition) is 7. The van der Waals surface area contributed by atoms with Crippen LogP contribution in [0.2, 0.25) is 0 Å². The van der Waals surface area contributed by atoms with Gasteiger partial charge in [-0.05, 0) is 49.4 Å². The van der Waals surface area contributed by atoms with Gasteiger partial charge in [0.2, 0.25) is 0 Å². The van der Waals surface area contributed by atoms with E-state index >= 15 is 0 Å². The maximum atomic E-state index is 12.5. The highest BCUT2D eigenvalue weighted by molar-refractivity contribution is 5.89. The highest BCUT2D eigenvalue weighted by Crippen LogP contribution is 2.28. The first-order valence-electron chi connectivity index (χ1n) is 12.3. The molecule has 8 nitrogen and oxygen atoms in total. The zero-order chi connectivity index (χ0) is 24.0. The Morgan fingerprint density at radius 3 is 2.54 bits per heavy atom. The Kier molecular flexibility index (Phi) is 7.05. The van der Waals surface area contributed by atoms with Gasteiger partial charge < -0.3 is 15.0 Å². The predicted octanol–water partition coefficient (Wildman–Crippen LogP) is 4.18. The highest BCUT2D eigenvalue weighted by atomic mass is 16.6. The summed E-state index contributed by atoms with van der Waals surface area (Å²) in [5.74, 6) is 0.804. The van der Waals surface area contributed by atoms with Gasteiger partial charge in [0.05, 0.1) is 17.1 Å². The number of nitriles is 1. The third-order valence-corrected chi connectivity index (χ3v) is 7.10. The van der Waals surface area contributed by atoms with Gasteiger partial charge in [0.15, 0.2) is 0 Å². The summed E-state index contributed by atoms with van der Waals surface area (Å²) >= 11 is 0. The molecule has 1 aromatic heterocycles. The number of rotatable bonds is 5. The van der Waals surface area contributed by atoms with Gasteiger partial charge in [0.25, 0.3) is 0 Å². The lowest BCUT2D eigenvalue weighted by Crippen LogP contribution is -2.53. The van der Waals surface area contributed by atoms with Crippen molar-refractivity contribution in [2.24, 2.45) is 0 Å². The lowest BCUT2D eigenvalue weighted by atomic mass is 9.89. The molecule has 3 aromatic rings. The molecule has 5 rings (SSSR count). The van der Waals surface area contributed by atoms with Gasteiger partial charge >= 0.3 is 6.09 Å². The Labute approximate surface area is 205 Å². The summed E-state index contributed by atoms with van der Waals surface area (Å²) in [5, 5.41) is 13.7. The number of anilines is 1. The van der Waals surface area contributed by atoms with Crippen molar-refractivity contribution < 1.29 is 9.53 Å². The van der Waals surface area contributed by atoms with E-state index in [1.165, 1.54) is 0 Å². The standard InChI is InChI=1S/C27H30N6O2/c28-17-21-6-11-25-24(16-21)26(30-19-29-25)31-22-7-9-23(10-8-22)32-12-14-33(15-13-32)27(34)35-18-20-4-2-1-3-5-20/h1-6,11,16,19,22-23H,7-10,12-15,18H2,(H,29,30,31)/t22-,23-. The van der Waals surface area contributed by atoms with Crippen LogP contribution < -0.4 is 5.32 Å². The number of fused-ring (bicyclic) bond motifs is 1. The van der Waals surface area contributed by atoms with Crippen LogP contribution in [0.5, 0.6) is 0 Å². The van der Waals surface area contributed by atoms with Crippen LogP contribution in [0.4, 0.5) is 10.6 Å². The highest BCUT2D eigenvalue weighted by Gasteiger charge is 2.30. The molecule has 1 aliphatic heterocycles. The molecule has 35 heavy (non-hydrogen) atoms. The first kappa shape index (κ1) is 23.1. The molecule has 1 saturated heterocycles. The molecule has 2 fully saturated rings. The molecule has 1 aliphatic carbocycles. The minimum absolute atomic E-state index is 0.224. The van der Waals surface area contributed by atoms with Crippen LogP contribution in [0.3, 0.4) is 0 Å². The first-order valence-corrected chi connectivity index (χ1v) is 12.3. The van der Waals surface area contributed by atoms with Gasteiger partial charge in [0.1, 0.15) is 18.8 Å². The number of ether oxygens (including phenoxy) is 1. The number of benzene rings is 2. The molecule has 1 N–H and O–H groups in total. The number of piperazine rings is 1. The van der Waals surface area contributed by atoms with E-state index in [0.717, 1.165) is 61.1 Å². The summed E-state index contributed by atoms with van der Waals surface area (Å²) < 4.78 is 5.50. The van der Waals surface area contributed by atoms with Crippen LogP contribution in [-0.2, 0) is 11.3 Å². The molecular formula is C27H30N6O2. The van der Waals surface area contributed by atoms with Gasteiger partial charge in [-0.1, -0.05) is 30.3 Å². The molecule has 1 amide bonds. The topological polar surface area (TPSA) is 94.4 Å². The molecule has 0 atom stereocenters. The maximum absolute atomic E-state index is 12.5. The zero-order valence-electron chi connectivity index (χ0n) is 19.8. The summed E-state index contributed by atoms with van der Waals surface area (Å²) in [7, 11) is 0. The normalized spacial score (nSPS) is 20.8. The number of aromatic nitrogens is 2. The summed E-state index contributed by atoms with van der Waals surface area (Å²) in [4.78, 5) is 25.6. The Hall–Kier alpha value is -3.70. The van der Waals surface area contributed by atoms with Gasteiger partial charge in [-0.3, -0.25) is 4.90 Å². The lowest BCUT2D eigenvalue weighted by Gasteiger charge is -2.41. The lowest BCUT2D eigenvalue weighted by molar-refractivity contribution is 0.0522. The summed E-state index contributed by atoms with van der Waals surface area (Å²) in [6.45, 7) is 3.50. The Balaban J connectivity index is 1.09. The van der Waals surface area contributed by atoms with Crippen molar-refractivity contribution in [3.63, 3.8) is 0 Å². The van der Waals surface area contributed by atoms with Crippen molar-refractivity contribution in [2.75, 3.05) is 31.5 Å². The second-order valence-corrected chi connectivity index (χ2v) is 9.28. The summed E-state index contributed by atoms with van der Waals surface area (Å²) in [6, 6.07) is 18.4. The third-order valence-electron chi connectivity index (χ3n) is 7.10. The molecule has 0 unspecified atom stereocenters. The number of nitrogens with one attached hydrogen (secondary N) is 1. The van der Waals surface area contributed by atoms with Crippen molar-refractivity contribution in [3.05, 3.63) is 66.0 Å². The number of carbonyl (C=O) groups is 1. The summed E-state index contributed by atoms with van der Waals surface area (Å²) in [5.41, 5.74) is 2.46. The minimum atomic E-state index is -0.224. The van der Waals surface area contributed by atoms with E-state index in [0.29, 0.717) is 37.3 Å². The molecule has 0 radical (unpaired) electrons. The number of nitrogens with zero attached hydrogens (tertiary/aromatic N) is 5. The largest absolute Gasteiger partial charge is 0.445 e. The second kappa shape index (κ2) is 10.7. The molecule has 0 bridgehead atoms. The molecule has 180 valence electrons. The molecule has 1 saturated carbocycles. The van der Waals surface area contributed by atoms with Crippen molar-refractivity contribution in [1.29, 1.82) is 5.26 Å². The van der Waals surface area contributed by atoms with E-state index in [4.69, 9.17) is 4.74 Å². The van der Waals surface area contributed by atoms with Crippen molar-refractivity contribution >= 4 is 22.8 Å². The van der Waals surface area contributed by atoms with Crippen molar-refractivity contribution in [1.82, 2.24) is 19.8 Å². The number of carbonyl (C=O) groups excluding carboxylic acids is 1. The molecule has 2 heterocycles. The van der Waals surface area contributed by atoms with Crippen LogP contribution in [0.25, 0.3) is 10.9 Å². The average molecular weight is 471 g/mol. The maximum Gasteiger partial charge on any atom is 0.410 e. The van der Waals surface area contributed by atoms with Gasteiger partial charge in [-0.2, -0.15) is 5.26 Å². The molecule has 2 aliphatic rings. The number of amides is 1. The smallest absolute Gasteiger partial charge is 0.410 e. The fourth-order valence-electron chi connectivity index (χ4n) is 5.10. The third kappa shape index (κ3) is 5.52. The van der Waals surface area contributed by atoms with Crippen LogP contribution in [0.1, 0.15) is 36.8 Å². The van der Waals surface area contributed by atoms with Crippen molar-refractivity contribution in [2.45, 2.75) is 44.4 Å². The van der Waals surface area contributed by atoms with E-state index < -0.39 is 0 Å². The second-order valence-electron chi connectivity index (χ2n) is 9.28. The summed E-state index contributed by atoms with van der Waals surface area (Å²) in [6.07, 6.45) is 5.71.